The Labute approximate surface area is 126 Å². The van der Waals surface area contributed by atoms with Gasteiger partial charge in [0.05, 0.1) is 24.9 Å². The number of para-hydroxylation sites is 2. The Morgan fingerprint density at radius 3 is 2.33 bits per heavy atom. The van der Waals surface area contributed by atoms with Crippen molar-refractivity contribution in [3.63, 3.8) is 0 Å². The average molecular weight is 285 g/mol. The number of aliphatic hydroxyl groups is 1. The molecule has 0 bridgehead atoms. The van der Waals surface area contributed by atoms with Gasteiger partial charge in [-0.2, -0.15) is 0 Å². The third-order valence-corrected chi connectivity index (χ3v) is 3.83. The van der Waals surface area contributed by atoms with Crippen molar-refractivity contribution in [2.24, 2.45) is 0 Å². The summed E-state index contributed by atoms with van der Waals surface area (Å²) in [5.41, 5.74) is 2.65. The first-order valence-corrected chi connectivity index (χ1v) is 7.24. The summed E-state index contributed by atoms with van der Waals surface area (Å²) in [4.78, 5) is 0. The molecule has 3 nitrogen and oxygen atoms in total. The molecule has 0 saturated carbocycles. The van der Waals surface area contributed by atoms with Crippen LogP contribution < -0.4 is 10.1 Å². The van der Waals surface area contributed by atoms with Crippen molar-refractivity contribution in [1.82, 2.24) is 0 Å². The molecule has 0 saturated heterocycles. The number of aliphatic hydroxyl groups excluding tert-OH is 1. The molecule has 1 unspecified atom stereocenters. The van der Waals surface area contributed by atoms with E-state index in [9.17, 15) is 5.11 Å². The first-order valence-electron chi connectivity index (χ1n) is 7.24. The Morgan fingerprint density at radius 2 is 1.76 bits per heavy atom. The molecule has 0 fully saturated rings. The van der Waals surface area contributed by atoms with E-state index in [-0.39, 0.29) is 6.61 Å². The highest BCUT2D eigenvalue weighted by Gasteiger charge is 2.26. The molecule has 0 aromatic heterocycles. The van der Waals surface area contributed by atoms with Gasteiger partial charge in [-0.25, -0.2) is 0 Å². The number of methoxy groups -OCH3 is 1. The van der Waals surface area contributed by atoms with Gasteiger partial charge in [-0.1, -0.05) is 43.3 Å². The smallest absolute Gasteiger partial charge is 0.141 e. The molecule has 0 spiro atoms. The summed E-state index contributed by atoms with van der Waals surface area (Å²) in [5, 5.41) is 13.3. The summed E-state index contributed by atoms with van der Waals surface area (Å²) in [5.74, 6) is 0.766. The SMILES string of the molecule is CCc1ccc(C(C)(CO)Nc2ccccc2OC)cc1. The van der Waals surface area contributed by atoms with Gasteiger partial charge in [0.25, 0.3) is 0 Å². The van der Waals surface area contributed by atoms with Crippen molar-refractivity contribution in [3.05, 3.63) is 59.7 Å². The Bertz CT molecular complexity index is 580. The van der Waals surface area contributed by atoms with Crippen LogP contribution in [-0.2, 0) is 12.0 Å². The van der Waals surface area contributed by atoms with Crippen molar-refractivity contribution >= 4 is 5.69 Å². The minimum absolute atomic E-state index is 0.00345. The predicted molar refractivity (Wildman–Crippen MR) is 86.9 cm³/mol. The van der Waals surface area contributed by atoms with E-state index >= 15 is 0 Å². The minimum Gasteiger partial charge on any atom is -0.495 e. The maximum absolute atomic E-state index is 9.89. The number of rotatable bonds is 6. The number of benzene rings is 2. The molecule has 0 aliphatic carbocycles. The largest absolute Gasteiger partial charge is 0.495 e. The van der Waals surface area contributed by atoms with Gasteiger partial charge >= 0.3 is 0 Å². The second kappa shape index (κ2) is 6.64. The number of ether oxygens (including phenoxy) is 1. The number of hydrogen-bond donors (Lipinski definition) is 2. The molecule has 0 heterocycles. The van der Waals surface area contributed by atoms with Gasteiger partial charge in [-0.15, -0.1) is 0 Å². The molecule has 112 valence electrons. The zero-order valence-corrected chi connectivity index (χ0v) is 12.9. The minimum atomic E-state index is -0.555. The molecule has 2 N–H and O–H groups in total. The first kappa shape index (κ1) is 15.4. The van der Waals surface area contributed by atoms with Crippen LogP contribution in [0.25, 0.3) is 0 Å². The molecule has 21 heavy (non-hydrogen) atoms. The van der Waals surface area contributed by atoms with E-state index in [4.69, 9.17) is 4.74 Å². The van der Waals surface area contributed by atoms with Gasteiger partial charge < -0.3 is 15.2 Å². The highest BCUT2D eigenvalue weighted by molar-refractivity contribution is 5.58. The lowest BCUT2D eigenvalue weighted by molar-refractivity contribution is 0.223. The topological polar surface area (TPSA) is 41.5 Å². The van der Waals surface area contributed by atoms with Gasteiger partial charge in [0.15, 0.2) is 0 Å². The second-order valence-electron chi connectivity index (χ2n) is 5.37. The third-order valence-electron chi connectivity index (χ3n) is 3.83. The fourth-order valence-corrected chi connectivity index (χ4v) is 2.36. The van der Waals surface area contributed by atoms with Crippen LogP contribution in [0.4, 0.5) is 5.69 Å². The normalized spacial score (nSPS) is 13.5. The van der Waals surface area contributed by atoms with Gasteiger partial charge in [0.1, 0.15) is 5.75 Å². The van der Waals surface area contributed by atoms with Crippen LogP contribution in [-0.4, -0.2) is 18.8 Å². The maximum atomic E-state index is 9.89. The number of aryl methyl sites for hydroxylation is 1. The van der Waals surface area contributed by atoms with Crippen LogP contribution in [0, 0.1) is 0 Å². The molecular weight excluding hydrogens is 262 g/mol. The second-order valence-corrected chi connectivity index (χ2v) is 5.37. The molecular formula is C18H23NO2. The number of anilines is 1. The zero-order chi connectivity index (χ0) is 15.3. The van der Waals surface area contributed by atoms with E-state index in [2.05, 4.69) is 36.5 Å². The van der Waals surface area contributed by atoms with E-state index in [0.717, 1.165) is 23.4 Å². The summed E-state index contributed by atoms with van der Waals surface area (Å²) in [6.45, 7) is 4.12. The van der Waals surface area contributed by atoms with E-state index < -0.39 is 5.54 Å². The van der Waals surface area contributed by atoms with E-state index in [1.807, 2.05) is 31.2 Å². The molecule has 3 heteroatoms. The van der Waals surface area contributed by atoms with Gasteiger partial charge in [0.2, 0.25) is 0 Å². The van der Waals surface area contributed by atoms with E-state index in [0.29, 0.717) is 0 Å². The van der Waals surface area contributed by atoms with Crippen LogP contribution in [0.3, 0.4) is 0 Å². The van der Waals surface area contributed by atoms with Crippen molar-refractivity contribution in [2.75, 3.05) is 19.0 Å². The van der Waals surface area contributed by atoms with Crippen LogP contribution >= 0.6 is 0 Å². The highest BCUT2D eigenvalue weighted by Crippen LogP contribution is 2.31. The first-order chi connectivity index (χ1) is 10.1. The lowest BCUT2D eigenvalue weighted by Crippen LogP contribution is -2.36. The van der Waals surface area contributed by atoms with Crippen LogP contribution in [0.5, 0.6) is 5.75 Å². The van der Waals surface area contributed by atoms with Crippen LogP contribution in [0.15, 0.2) is 48.5 Å². The lowest BCUT2D eigenvalue weighted by Gasteiger charge is -2.31. The van der Waals surface area contributed by atoms with Crippen molar-refractivity contribution in [1.29, 1.82) is 0 Å². The lowest BCUT2D eigenvalue weighted by atomic mass is 9.91. The molecule has 1 atom stereocenters. The summed E-state index contributed by atoms with van der Waals surface area (Å²) in [7, 11) is 1.65. The summed E-state index contributed by atoms with van der Waals surface area (Å²) in [6, 6.07) is 16.1. The van der Waals surface area contributed by atoms with E-state index in [1.165, 1.54) is 5.56 Å². The summed E-state index contributed by atoms with van der Waals surface area (Å²) >= 11 is 0. The number of nitrogens with one attached hydrogen (secondary N) is 1. The molecule has 0 amide bonds. The third kappa shape index (κ3) is 3.37. The van der Waals surface area contributed by atoms with Gasteiger partial charge in [-0.3, -0.25) is 0 Å². The molecule has 0 radical (unpaired) electrons. The fourth-order valence-electron chi connectivity index (χ4n) is 2.36. The quantitative estimate of drug-likeness (QED) is 0.852. The Morgan fingerprint density at radius 1 is 1.10 bits per heavy atom. The predicted octanol–water partition coefficient (Wildman–Crippen LogP) is 3.58. The maximum Gasteiger partial charge on any atom is 0.141 e. The van der Waals surface area contributed by atoms with Crippen LogP contribution in [0.2, 0.25) is 0 Å². The van der Waals surface area contributed by atoms with Crippen LogP contribution in [0.1, 0.15) is 25.0 Å². The van der Waals surface area contributed by atoms with Crippen molar-refractivity contribution in [3.8, 4) is 5.75 Å². The standard InChI is InChI=1S/C18H23NO2/c1-4-14-9-11-15(12-10-14)18(2,13-20)19-16-7-5-6-8-17(16)21-3/h5-12,19-20H,4,13H2,1-3H3. The Hall–Kier alpha value is -2.00. The molecule has 2 aromatic carbocycles. The highest BCUT2D eigenvalue weighted by atomic mass is 16.5. The van der Waals surface area contributed by atoms with Crippen molar-refractivity contribution < 1.29 is 9.84 Å². The summed E-state index contributed by atoms with van der Waals surface area (Å²) < 4.78 is 5.36. The van der Waals surface area contributed by atoms with E-state index in [1.54, 1.807) is 7.11 Å². The van der Waals surface area contributed by atoms with Gasteiger partial charge in [-0.05, 0) is 36.6 Å². The Kier molecular flexibility index (Phi) is 4.86. The number of hydrogen-bond acceptors (Lipinski definition) is 3. The summed E-state index contributed by atoms with van der Waals surface area (Å²) in [6.07, 6.45) is 1.01. The van der Waals surface area contributed by atoms with Crippen molar-refractivity contribution in [2.45, 2.75) is 25.8 Å². The zero-order valence-electron chi connectivity index (χ0n) is 12.9. The monoisotopic (exact) mass is 285 g/mol. The fraction of sp³-hybridized carbons (Fsp3) is 0.333. The average Bonchev–Trinajstić information content (AvgIpc) is 2.55. The Balaban J connectivity index is 2.31. The molecule has 2 rings (SSSR count). The van der Waals surface area contributed by atoms with Gasteiger partial charge in [0, 0.05) is 0 Å². The molecule has 2 aromatic rings. The molecule has 0 aliphatic rings. The molecule has 0 aliphatic heterocycles.